The third kappa shape index (κ3) is 4.87. The number of carbonyl (C=O) groups is 2. The lowest BCUT2D eigenvalue weighted by molar-refractivity contribution is -0.123. The van der Waals surface area contributed by atoms with Gasteiger partial charge in [-0.1, -0.05) is 0 Å². The summed E-state index contributed by atoms with van der Waals surface area (Å²) in [7, 11) is 4.89. The first kappa shape index (κ1) is 8.00. The summed E-state index contributed by atoms with van der Waals surface area (Å²) in [5.74, 6) is -0.953. The monoisotopic (exact) mass is 126 g/mol. The highest BCUT2D eigenvalue weighted by molar-refractivity contribution is 6.19. The van der Waals surface area contributed by atoms with Crippen LogP contribution in [-0.2, 0) is 9.59 Å². The van der Waals surface area contributed by atoms with Crippen LogP contribution in [0.15, 0.2) is 0 Å². The van der Waals surface area contributed by atoms with E-state index in [0.717, 1.165) is 0 Å². The second kappa shape index (κ2) is 3.94. The zero-order chi connectivity index (χ0) is 7.28. The van der Waals surface area contributed by atoms with Crippen molar-refractivity contribution >= 4 is 19.7 Å². The number of carbonyl (C=O) groups excluding carboxylic acids is 2. The Hall–Kier alpha value is -0.995. The molecule has 0 atom stereocenters. The summed E-state index contributed by atoms with van der Waals surface area (Å²) in [5, 5.41) is 2.19. The first-order valence-electron chi connectivity index (χ1n) is 2.42. The molecule has 3 N–H and O–H groups in total. The van der Waals surface area contributed by atoms with Crippen LogP contribution in [-0.4, -0.2) is 26.2 Å². The zero-order valence-electron chi connectivity index (χ0n) is 4.89. The molecular weight excluding hydrogens is 119 g/mol. The molecule has 0 fully saturated rings. The van der Waals surface area contributed by atoms with Crippen molar-refractivity contribution in [2.75, 3.05) is 6.54 Å². The first-order chi connectivity index (χ1) is 4.16. The second-order valence-electron chi connectivity index (χ2n) is 1.45. The predicted molar refractivity (Wildman–Crippen MR) is 32.8 cm³/mol. The van der Waals surface area contributed by atoms with Crippen molar-refractivity contribution in [3.05, 3.63) is 0 Å². The molecule has 0 aliphatic rings. The maximum Gasteiger partial charge on any atom is 0.236 e. The quantitative estimate of drug-likeness (QED) is 0.436. The number of rotatable bonds is 3. The predicted octanol–water partition coefficient (Wildman–Crippen LogP) is -1.83. The van der Waals surface area contributed by atoms with E-state index in [-0.39, 0.29) is 18.8 Å². The molecule has 0 saturated carbocycles. The highest BCUT2D eigenvalue weighted by Gasteiger charge is 1.96. The maximum atomic E-state index is 10.3. The summed E-state index contributed by atoms with van der Waals surface area (Å²) >= 11 is 0. The molecule has 0 rings (SSSR count). The molecule has 0 aromatic heterocycles. The molecule has 0 aliphatic heterocycles. The van der Waals surface area contributed by atoms with E-state index < -0.39 is 5.91 Å². The van der Waals surface area contributed by atoms with Crippen LogP contribution < -0.4 is 11.1 Å². The fourth-order valence-electron chi connectivity index (χ4n) is 0.258. The number of hydrogen-bond donors (Lipinski definition) is 2. The van der Waals surface area contributed by atoms with Crippen LogP contribution in [0.4, 0.5) is 0 Å². The maximum absolute atomic E-state index is 10.3. The minimum absolute atomic E-state index is 0.118. The van der Waals surface area contributed by atoms with Gasteiger partial charge in [-0.25, -0.2) is 0 Å². The van der Waals surface area contributed by atoms with Gasteiger partial charge in [0.1, 0.15) is 0 Å². The lowest BCUT2D eigenvalue weighted by Gasteiger charge is -1.96. The third-order valence-electron chi connectivity index (χ3n) is 0.645. The Kier molecular flexibility index (Phi) is 3.51. The van der Waals surface area contributed by atoms with Gasteiger partial charge in [0.05, 0.1) is 14.4 Å². The van der Waals surface area contributed by atoms with Crippen LogP contribution in [0.5, 0.6) is 0 Å². The van der Waals surface area contributed by atoms with Crippen molar-refractivity contribution in [2.45, 2.75) is 6.32 Å². The van der Waals surface area contributed by atoms with Crippen molar-refractivity contribution in [3.63, 3.8) is 0 Å². The van der Waals surface area contributed by atoms with Crippen molar-refractivity contribution < 1.29 is 9.59 Å². The van der Waals surface area contributed by atoms with Gasteiger partial charge in [0.2, 0.25) is 11.8 Å². The standard InChI is InChI=1S/C4H7BN2O2/c5-1-4(9)7-2-3(6)8/h1-2H2,(H2,6,8)(H,7,9). The van der Waals surface area contributed by atoms with Crippen LogP contribution in [0.3, 0.4) is 0 Å². The lowest BCUT2D eigenvalue weighted by atomic mass is 10.1. The molecule has 0 saturated heterocycles. The second-order valence-corrected chi connectivity index (χ2v) is 1.45. The minimum atomic E-state index is -0.572. The SMILES string of the molecule is [B]CC(=O)NCC(N)=O. The molecule has 0 aromatic rings. The molecule has 5 heteroatoms. The van der Waals surface area contributed by atoms with E-state index in [1.54, 1.807) is 0 Å². The molecule has 0 aliphatic carbocycles. The van der Waals surface area contributed by atoms with Gasteiger partial charge in [-0.05, 0) is 6.32 Å². The smallest absolute Gasteiger partial charge is 0.236 e. The molecule has 0 spiro atoms. The fourth-order valence-corrected chi connectivity index (χ4v) is 0.258. The number of nitrogens with one attached hydrogen (secondary N) is 1. The van der Waals surface area contributed by atoms with E-state index in [4.69, 9.17) is 13.6 Å². The Morgan fingerprint density at radius 3 is 2.44 bits per heavy atom. The zero-order valence-corrected chi connectivity index (χ0v) is 4.89. The van der Waals surface area contributed by atoms with Crippen molar-refractivity contribution in [1.29, 1.82) is 0 Å². The Morgan fingerprint density at radius 2 is 2.11 bits per heavy atom. The summed E-state index contributed by atoms with van der Waals surface area (Å²) < 4.78 is 0. The highest BCUT2D eigenvalue weighted by Crippen LogP contribution is 1.68. The average molecular weight is 126 g/mol. The van der Waals surface area contributed by atoms with Gasteiger partial charge in [-0.3, -0.25) is 9.59 Å². The van der Waals surface area contributed by atoms with Crippen molar-refractivity contribution in [2.24, 2.45) is 5.73 Å². The molecular formula is C4H7BN2O2. The van der Waals surface area contributed by atoms with Crippen LogP contribution in [0, 0.1) is 0 Å². The molecule has 0 bridgehead atoms. The summed E-state index contributed by atoms with van der Waals surface area (Å²) in [4.78, 5) is 20.3. The van der Waals surface area contributed by atoms with E-state index in [1.807, 2.05) is 0 Å². The molecule has 48 valence electrons. The van der Waals surface area contributed by atoms with Gasteiger partial charge in [-0.2, -0.15) is 0 Å². The minimum Gasteiger partial charge on any atom is -0.368 e. The van der Waals surface area contributed by atoms with E-state index in [2.05, 4.69) is 5.32 Å². The largest absolute Gasteiger partial charge is 0.368 e. The number of primary amides is 1. The Bertz CT molecular complexity index is 126. The van der Waals surface area contributed by atoms with Crippen LogP contribution in [0.2, 0.25) is 6.32 Å². The Balaban J connectivity index is 3.28. The molecule has 9 heavy (non-hydrogen) atoms. The van der Waals surface area contributed by atoms with Gasteiger partial charge in [-0.15, -0.1) is 0 Å². The molecule has 2 amide bonds. The topological polar surface area (TPSA) is 72.2 Å². The molecule has 0 aromatic carbocycles. The summed E-state index contributed by atoms with van der Waals surface area (Å²) in [6.07, 6.45) is -0.118. The normalized spacial score (nSPS) is 8.44. The molecule has 0 unspecified atom stereocenters. The van der Waals surface area contributed by atoms with E-state index in [9.17, 15) is 9.59 Å². The lowest BCUT2D eigenvalue weighted by Crippen LogP contribution is -2.32. The fraction of sp³-hybridized carbons (Fsp3) is 0.500. The van der Waals surface area contributed by atoms with E-state index in [0.29, 0.717) is 0 Å². The van der Waals surface area contributed by atoms with E-state index >= 15 is 0 Å². The van der Waals surface area contributed by atoms with E-state index in [1.165, 1.54) is 0 Å². The summed E-state index contributed by atoms with van der Waals surface area (Å²) in [6, 6.07) is 0. The highest BCUT2D eigenvalue weighted by atomic mass is 16.2. The van der Waals surface area contributed by atoms with Crippen LogP contribution in [0.1, 0.15) is 0 Å². The number of hydrogen-bond acceptors (Lipinski definition) is 2. The third-order valence-corrected chi connectivity index (χ3v) is 0.645. The Morgan fingerprint density at radius 1 is 1.56 bits per heavy atom. The molecule has 4 nitrogen and oxygen atoms in total. The molecule has 0 heterocycles. The van der Waals surface area contributed by atoms with Crippen molar-refractivity contribution in [3.8, 4) is 0 Å². The van der Waals surface area contributed by atoms with Gasteiger partial charge in [0.15, 0.2) is 0 Å². The summed E-state index contributed by atoms with van der Waals surface area (Å²) in [5.41, 5.74) is 4.70. The van der Waals surface area contributed by atoms with Crippen LogP contribution in [0.25, 0.3) is 0 Å². The number of nitrogens with two attached hydrogens (primary N) is 1. The van der Waals surface area contributed by atoms with Gasteiger partial charge >= 0.3 is 0 Å². The number of amides is 2. The van der Waals surface area contributed by atoms with Crippen LogP contribution >= 0.6 is 0 Å². The van der Waals surface area contributed by atoms with Gasteiger partial charge in [0.25, 0.3) is 0 Å². The van der Waals surface area contributed by atoms with Gasteiger partial charge in [0, 0.05) is 0 Å². The molecule has 2 radical (unpaired) electrons. The Labute approximate surface area is 54.2 Å². The average Bonchev–Trinajstić information content (AvgIpc) is 1.83. The first-order valence-corrected chi connectivity index (χ1v) is 2.42. The summed E-state index contributed by atoms with van der Waals surface area (Å²) in [6.45, 7) is -0.143. The van der Waals surface area contributed by atoms with Gasteiger partial charge < -0.3 is 11.1 Å². The van der Waals surface area contributed by atoms with Crippen molar-refractivity contribution in [1.82, 2.24) is 5.32 Å².